The van der Waals surface area contributed by atoms with Crippen LogP contribution in [0.15, 0.2) is 47.6 Å². The number of methoxy groups -OCH3 is 1. The maximum Gasteiger partial charge on any atom is 0.273 e. The SMILES string of the molecule is COc1cc([N+](=O)[O-])ccc1-n1c(C)cc(/C=N/NC(=O)Cc2ccc(C)cc2C)c1C. The molecule has 0 aliphatic heterocycles. The highest BCUT2D eigenvalue weighted by molar-refractivity contribution is 5.85. The van der Waals surface area contributed by atoms with Crippen LogP contribution in [-0.2, 0) is 11.2 Å². The predicted octanol–water partition coefficient (Wildman–Crippen LogP) is 4.32. The van der Waals surface area contributed by atoms with Gasteiger partial charge in [-0.1, -0.05) is 23.8 Å². The van der Waals surface area contributed by atoms with Crippen LogP contribution in [0.25, 0.3) is 5.69 Å². The molecule has 3 aromatic rings. The van der Waals surface area contributed by atoms with Gasteiger partial charge in [-0.15, -0.1) is 0 Å². The average Bonchev–Trinajstić information content (AvgIpc) is 3.02. The summed E-state index contributed by atoms with van der Waals surface area (Å²) in [6.45, 7) is 7.83. The summed E-state index contributed by atoms with van der Waals surface area (Å²) < 4.78 is 7.31. The monoisotopic (exact) mass is 434 g/mol. The Kier molecular flexibility index (Phi) is 6.73. The van der Waals surface area contributed by atoms with Crippen molar-refractivity contribution in [2.75, 3.05) is 7.11 Å². The van der Waals surface area contributed by atoms with E-state index in [9.17, 15) is 14.9 Å². The maximum atomic E-state index is 12.3. The summed E-state index contributed by atoms with van der Waals surface area (Å²) >= 11 is 0. The van der Waals surface area contributed by atoms with Gasteiger partial charge in [-0.25, -0.2) is 5.43 Å². The molecule has 0 fully saturated rings. The number of ether oxygens (including phenoxy) is 1. The lowest BCUT2D eigenvalue weighted by atomic mass is 10.0. The lowest BCUT2D eigenvalue weighted by molar-refractivity contribution is -0.384. The molecule has 8 nitrogen and oxygen atoms in total. The van der Waals surface area contributed by atoms with Crippen molar-refractivity contribution in [2.45, 2.75) is 34.1 Å². The van der Waals surface area contributed by atoms with E-state index in [2.05, 4.69) is 10.5 Å². The van der Waals surface area contributed by atoms with E-state index in [0.717, 1.165) is 33.6 Å². The molecule has 0 aliphatic carbocycles. The molecular formula is C24H26N4O4. The fraction of sp³-hybridized carbons (Fsp3) is 0.250. The van der Waals surface area contributed by atoms with Crippen LogP contribution in [-0.4, -0.2) is 28.7 Å². The van der Waals surface area contributed by atoms with E-state index in [4.69, 9.17) is 4.74 Å². The van der Waals surface area contributed by atoms with Crippen molar-refractivity contribution in [3.63, 3.8) is 0 Å². The Labute approximate surface area is 186 Å². The largest absolute Gasteiger partial charge is 0.494 e. The summed E-state index contributed by atoms with van der Waals surface area (Å²) in [7, 11) is 1.48. The fourth-order valence-corrected chi connectivity index (χ4v) is 3.68. The third kappa shape index (κ3) is 4.85. The lowest BCUT2D eigenvalue weighted by Crippen LogP contribution is -2.20. The molecule has 1 N–H and O–H groups in total. The van der Waals surface area contributed by atoms with Crippen molar-refractivity contribution < 1.29 is 14.5 Å². The van der Waals surface area contributed by atoms with E-state index in [-0.39, 0.29) is 18.0 Å². The Morgan fingerprint density at radius 3 is 2.56 bits per heavy atom. The molecule has 1 amide bonds. The number of non-ortho nitro benzene ring substituents is 1. The minimum Gasteiger partial charge on any atom is -0.494 e. The van der Waals surface area contributed by atoms with Crippen LogP contribution in [0.4, 0.5) is 5.69 Å². The lowest BCUT2D eigenvalue weighted by Gasteiger charge is -2.13. The summed E-state index contributed by atoms with van der Waals surface area (Å²) in [5.74, 6) is 0.199. The van der Waals surface area contributed by atoms with Gasteiger partial charge in [-0.05, 0) is 51.0 Å². The number of benzene rings is 2. The summed E-state index contributed by atoms with van der Waals surface area (Å²) in [6, 6.07) is 12.4. The minimum atomic E-state index is -0.458. The zero-order valence-corrected chi connectivity index (χ0v) is 18.8. The van der Waals surface area contributed by atoms with Crippen LogP contribution >= 0.6 is 0 Å². The Morgan fingerprint density at radius 2 is 1.91 bits per heavy atom. The van der Waals surface area contributed by atoms with Crippen molar-refractivity contribution in [1.82, 2.24) is 9.99 Å². The molecule has 0 radical (unpaired) electrons. The van der Waals surface area contributed by atoms with Gasteiger partial charge in [0.05, 0.1) is 36.4 Å². The highest BCUT2D eigenvalue weighted by Gasteiger charge is 2.17. The van der Waals surface area contributed by atoms with Gasteiger partial charge in [0.2, 0.25) is 5.91 Å². The van der Waals surface area contributed by atoms with Gasteiger partial charge in [-0.2, -0.15) is 5.10 Å². The molecule has 0 spiro atoms. The van der Waals surface area contributed by atoms with Crippen molar-refractivity contribution in [3.8, 4) is 11.4 Å². The molecule has 2 aromatic carbocycles. The zero-order valence-electron chi connectivity index (χ0n) is 18.8. The molecule has 0 aliphatic rings. The number of carbonyl (C=O) groups is 1. The van der Waals surface area contributed by atoms with Crippen LogP contribution in [0.1, 0.15) is 33.6 Å². The summed E-state index contributed by atoms with van der Waals surface area (Å²) in [5.41, 5.74) is 9.00. The number of hydrogen-bond donors (Lipinski definition) is 1. The highest BCUT2D eigenvalue weighted by atomic mass is 16.6. The van der Waals surface area contributed by atoms with Gasteiger partial charge in [0.25, 0.3) is 5.69 Å². The van der Waals surface area contributed by atoms with E-state index >= 15 is 0 Å². The molecule has 1 aromatic heterocycles. The molecule has 0 saturated carbocycles. The van der Waals surface area contributed by atoms with E-state index < -0.39 is 4.92 Å². The number of nitrogens with zero attached hydrogens (tertiary/aromatic N) is 3. The number of aromatic nitrogens is 1. The third-order valence-electron chi connectivity index (χ3n) is 5.33. The maximum absolute atomic E-state index is 12.3. The summed E-state index contributed by atoms with van der Waals surface area (Å²) in [6.07, 6.45) is 1.85. The number of nitro benzene ring substituents is 1. The minimum absolute atomic E-state index is 0.0404. The van der Waals surface area contributed by atoms with Crippen molar-refractivity contribution in [1.29, 1.82) is 0 Å². The molecule has 1 heterocycles. The summed E-state index contributed by atoms with van der Waals surface area (Å²) in [5, 5.41) is 15.2. The molecule has 3 rings (SSSR count). The molecule has 8 heteroatoms. The summed E-state index contributed by atoms with van der Waals surface area (Å²) in [4.78, 5) is 22.9. The van der Waals surface area contributed by atoms with Crippen LogP contribution in [0.2, 0.25) is 0 Å². The number of aryl methyl sites for hydroxylation is 3. The molecule has 32 heavy (non-hydrogen) atoms. The quantitative estimate of drug-likeness (QED) is 0.340. The smallest absolute Gasteiger partial charge is 0.273 e. The number of nitro groups is 1. The molecule has 0 atom stereocenters. The molecule has 166 valence electrons. The van der Waals surface area contributed by atoms with Gasteiger partial charge in [0, 0.05) is 23.0 Å². The number of rotatable bonds is 7. The van der Waals surface area contributed by atoms with E-state index in [1.54, 1.807) is 12.3 Å². The predicted molar refractivity (Wildman–Crippen MR) is 124 cm³/mol. The normalized spacial score (nSPS) is 11.0. The van der Waals surface area contributed by atoms with Gasteiger partial charge in [-0.3, -0.25) is 14.9 Å². The fourth-order valence-electron chi connectivity index (χ4n) is 3.68. The van der Waals surface area contributed by atoms with E-state index in [1.807, 2.05) is 56.5 Å². The van der Waals surface area contributed by atoms with Gasteiger partial charge >= 0.3 is 0 Å². The Balaban J connectivity index is 1.78. The van der Waals surface area contributed by atoms with Crippen molar-refractivity contribution >= 4 is 17.8 Å². The topological polar surface area (TPSA) is 98.8 Å². The molecule has 0 unspecified atom stereocenters. The average molecular weight is 434 g/mol. The van der Waals surface area contributed by atoms with Crippen LogP contribution in [0.5, 0.6) is 5.75 Å². The van der Waals surface area contributed by atoms with E-state index in [0.29, 0.717) is 11.4 Å². The van der Waals surface area contributed by atoms with E-state index in [1.165, 1.54) is 19.2 Å². The molecular weight excluding hydrogens is 408 g/mol. The second-order valence-electron chi connectivity index (χ2n) is 7.68. The first-order valence-corrected chi connectivity index (χ1v) is 10.1. The van der Waals surface area contributed by atoms with Crippen molar-refractivity contribution in [3.05, 3.63) is 86.2 Å². The van der Waals surface area contributed by atoms with Crippen molar-refractivity contribution in [2.24, 2.45) is 5.10 Å². The van der Waals surface area contributed by atoms with Gasteiger partial charge in [0.15, 0.2) is 0 Å². The first-order chi connectivity index (χ1) is 15.2. The van der Waals surface area contributed by atoms with Crippen LogP contribution in [0.3, 0.4) is 0 Å². The third-order valence-corrected chi connectivity index (χ3v) is 5.33. The zero-order chi connectivity index (χ0) is 23.4. The standard InChI is InChI=1S/C24H26N4O4/c1-15-6-7-19(16(2)10-15)12-24(29)26-25-14-20-11-17(3)27(18(20)4)22-9-8-21(28(30)31)13-23(22)32-5/h6-11,13-14H,12H2,1-5H3,(H,26,29)/b25-14+. The Morgan fingerprint density at radius 1 is 1.16 bits per heavy atom. The van der Waals surface area contributed by atoms with Gasteiger partial charge < -0.3 is 9.30 Å². The number of amides is 1. The highest BCUT2D eigenvalue weighted by Crippen LogP contribution is 2.31. The molecule has 0 saturated heterocycles. The second kappa shape index (κ2) is 9.47. The number of hydrazone groups is 1. The number of hydrogen-bond acceptors (Lipinski definition) is 5. The number of nitrogens with one attached hydrogen (secondary N) is 1. The first-order valence-electron chi connectivity index (χ1n) is 10.1. The van der Waals surface area contributed by atoms with Crippen LogP contribution in [0, 0.1) is 37.8 Å². The number of carbonyl (C=O) groups excluding carboxylic acids is 1. The molecule has 0 bridgehead atoms. The second-order valence-corrected chi connectivity index (χ2v) is 7.68. The Bertz CT molecular complexity index is 1210. The first kappa shape index (κ1) is 22.7. The van der Waals surface area contributed by atoms with Gasteiger partial charge in [0.1, 0.15) is 5.75 Å². The van der Waals surface area contributed by atoms with Crippen LogP contribution < -0.4 is 10.2 Å². The Hall–Kier alpha value is -3.94.